The number of hydrogen-bond donors (Lipinski definition) is 2. The van der Waals surface area contributed by atoms with Crippen molar-refractivity contribution in [2.45, 2.75) is 19.4 Å². The van der Waals surface area contributed by atoms with Gasteiger partial charge >= 0.3 is 0 Å². The Bertz CT molecular complexity index is 402. The molecule has 0 spiro atoms. The van der Waals surface area contributed by atoms with Crippen molar-refractivity contribution in [2.24, 2.45) is 5.73 Å². The molecule has 2 rings (SSSR count). The van der Waals surface area contributed by atoms with Crippen LogP contribution < -0.4 is 11.1 Å². The minimum Gasteiger partial charge on any atom is -0.330 e. The second-order valence-corrected chi connectivity index (χ2v) is 3.87. The third-order valence-electron chi connectivity index (χ3n) is 2.53. The zero-order valence-corrected chi connectivity index (χ0v) is 9.39. The number of imidazole rings is 1. The lowest BCUT2D eigenvalue weighted by Crippen LogP contribution is -2.15. The van der Waals surface area contributed by atoms with Gasteiger partial charge in [-0.05, 0) is 38.1 Å². The Morgan fingerprint density at radius 2 is 2.25 bits per heavy atom. The van der Waals surface area contributed by atoms with Crippen molar-refractivity contribution in [1.29, 1.82) is 0 Å². The first kappa shape index (κ1) is 11.1. The Labute approximate surface area is 95.5 Å². The summed E-state index contributed by atoms with van der Waals surface area (Å²) < 4.78 is 2.04. The van der Waals surface area contributed by atoms with Gasteiger partial charge in [-0.1, -0.05) is 6.07 Å². The molecule has 0 saturated heterocycles. The van der Waals surface area contributed by atoms with Crippen LogP contribution in [0, 0.1) is 0 Å². The summed E-state index contributed by atoms with van der Waals surface area (Å²) in [6, 6.07) is 6.02. The molecule has 0 bridgehead atoms. The lowest BCUT2D eigenvalue weighted by atomic mass is 10.3. The second kappa shape index (κ2) is 5.63. The summed E-state index contributed by atoms with van der Waals surface area (Å²) in [5.74, 6) is 0. The molecule has 4 heteroatoms. The highest BCUT2D eigenvalue weighted by molar-refractivity contribution is 5.39. The number of nitrogens with two attached hydrogens (primary N) is 1. The molecule has 0 radical (unpaired) electrons. The number of aromatic nitrogens is 2. The first-order valence-electron chi connectivity index (χ1n) is 5.73. The van der Waals surface area contributed by atoms with Crippen LogP contribution in [0.4, 0.5) is 0 Å². The third-order valence-corrected chi connectivity index (χ3v) is 2.53. The number of nitrogens with zero attached hydrogens (tertiary/aromatic N) is 2. The fourth-order valence-corrected chi connectivity index (χ4v) is 1.68. The van der Waals surface area contributed by atoms with Crippen molar-refractivity contribution >= 4 is 5.65 Å². The van der Waals surface area contributed by atoms with Gasteiger partial charge in [0.15, 0.2) is 0 Å². The van der Waals surface area contributed by atoms with E-state index < -0.39 is 0 Å². The Kier molecular flexibility index (Phi) is 3.91. The summed E-state index contributed by atoms with van der Waals surface area (Å²) in [5.41, 5.74) is 7.51. The first-order chi connectivity index (χ1) is 7.90. The highest BCUT2D eigenvalue weighted by Crippen LogP contribution is 2.03. The smallest absolute Gasteiger partial charge is 0.137 e. The van der Waals surface area contributed by atoms with Crippen LogP contribution in [-0.4, -0.2) is 22.5 Å². The van der Waals surface area contributed by atoms with Gasteiger partial charge in [-0.3, -0.25) is 0 Å². The molecule has 0 aromatic carbocycles. The molecule has 0 aliphatic carbocycles. The average molecular weight is 218 g/mol. The molecule has 86 valence electrons. The van der Waals surface area contributed by atoms with Gasteiger partial charge in [-0.2, -0.15) is 0 Å². The molecule has 2 aromatic rings. The van der Waals surface area contributed by atoms with Gasteiger partial charge in [0.1, 0.15) is 5.65 Å². The predicted molar refractivity (Wildman–Crippen MR) is 65.2 cm³/mol. The average Bonchev–Trinajstić information content (AvgIpc) is 2.71. The Morgan fingerprint density at radius 1 is 1.31 bits per heavy atom. The largest absolute Gasteiger partial charge is 0.330 e. The fourth-order valence-electron chi connectivity index (χ4n) is 1.68. The molecule has 4 nitrogen and oxygen atoms in total. The number of hydrogen-bond acceptors (Lipinski definition) is 3. The number of nitrogens with one attached hydrogen (secondary N) is 1. The lowest BCUT2D eigenvalue weighted by Gasteiger charge is -2.00. The van der Waals surface area contributed by atoms with Gasteiger partial charge in [0.25, 0.3) is 0 Å². The van der Waals surface area contributed by atoms with Gasteiger partial charge in [-0.15, -0.1) is 0 Å². The Morgan fingerprint density at radius 3 is 3.06 bits per heavy atom. The van der Waals surface area contributed by atoms with Crippen molar-refractivity contribution in [2.75, 3.05) is 13.1 Å². The molecule has 3 N–H and O–H groups in total. The summed E-state index contributed by atoms with van der Waals surface area (Å²) in [7, 11) is 0. The molecule has 0 atom stereocenters. The van der Waals surface area contributed by atoms with Crippen LogP contribution in [0.1, 0.15) is 18.5 Å². The first-order valence-corrected chi connectivity index (χ1v) is 5.73. The third kappa shape index (κ3) is 2.81. The van der Waals surface area contributed by atoms with E-state index in [1.165, 1.54) is 0 Å². The number of fused-ring (bicyclic) bond motifs is 1. The van der Waals surface area contributed by atoms with Gasteiger partial charge in [0.2, 0.25) is 0 Å². The lowest BCUT2D eigenvalue weighted by molar-refractivity contribution is 0.622. The molecule has 0 fully saturated rings. The van der Waals surface area contributed by atoms with Crippen LogP contribution in [0.25, 0.3) is 5.65 Å². The monoisotopic (exact) mass is 218 g/mol. The topological polar surface area (TPSA) is 55.3 Å². The van der Waals surface area contributed by atoms with Crippen molar-refractivity contribution in [3.8, 4) is 0 Å². The molecule has 0 aliphatic heterocycles. The minimum absolute atomic E-state index is 0.774. The van der Waals surface area contributed by atoms with E-state index in [9.17, 15) is 0 Å². The second-order valence-electron chi connectivity index (χ2n) is 3.87. The predicted octanol–water partition coefficient (Wildman–Crippen LogP) is 1.16. The maximum Gasteiger partial charge on any atom is 0.137 e. The van der Waals surface area contributed by atoms with Crippen LogP contribution in [0.15, 0.2) is 30.6 Å². The number of rotatable bonds is 6. The summed E-state index contributed by atoms with van der Waals surface area (Å²) in [6.45, 7) is 2.60. The van der Waals surface area contributed by atoms with E-state index in [0.29, 0.717) is 0 Å². The van der Waals surface area contributed by atoms with Gasteiger partial charge in [0, 0.05) is 18.9 Å². The van der Waals surface area contributed by atoms with Crippen LogP contribution in [0.3, 0.4) is 0 Å². The molecule has 16 heavy (non-hydrogen) atoms. The zero-order valence-electron chi connectivity index (χ0n) is 9.39. The highest BCUT2D eigenvalue weighted by Gasteiger charge is 1.99. The van der Waals surface area contributed by atoms with E-state index in [4.69, 9.17) is 5.73 Å². The Hall–Kier alpha value is -1.39. The number of pyridine rings is 1. The maximum absolute atomic E-state index is 5.43. The van der Waals surface area contributed by atoms with Gasteiger partial charge < -0.3 is 15.5 Å². The Balaban J connectivity index is 1.85. The van der Waals surface area contributed by atoms with E-state index in [1.54, 1.807) is 0 Å². The van der Waals surface area contributed by atoms with Crippen molar-refractivity contribution in [3.63, 3.8) is 0 Å². The van der Waals surface area contributed by atoms with Crippen LogP contribution in [-0.2, 0) is 6.54 Å². The standard InChI is InChI=1S/C12H18N4/c13-6-2-3-7-14-9-11-10-16-8-4-1-5-12(16)15-11/h1,4-5,8,10,14H,2-3,6-7,9,13H2. The van der Waals surface area contributed by atoms with E-state index in [0.717, 1.165) is 43.8 Å². The van der Waals surface area contributed by atoms with E-state index >= 15 is 0 Å². The van der Waals surface area contributed by atoms with Crippen molar-refractivity contribution < 1.29 is 0 Å². The van der Waals surface area contributed by atoms with Crippen LogP contribution in [0.2, 0.25) is 0 Å². The van der Waals surface area contributed by atoms with Gasteiger partial charge in [-0.25, -0.2) is 4.98 Å². The van der Waals surface area contributed by atoms with Crippen LogP contribution in [0.5, 0.6) is 0 Å². The molecular weight excluding hydrogens is 200 g/mol. The molecule has 2 aromatic heterocycles. The molecule has 2 heterocycles. The number of unbranched alkanes of at least 4 members (excludes halogenated alkanes) is 1. The quantitative estimate of drug-likeness (QED) is 0.715. The summed E-state index contributed by atoms with van der Waals surface area (Å²) in [5, 5.41) is 3.37. The SMILES string of the molecule is NCCCCNCc1cn2ccccc2n1. The summed E-state index contributed by atoms with van der Waals surface area (Å²) >= 11 is 0. The minimum atomic E-state index is 0.774. The summed E-state index contributed by atoms with van der Waals surface area (Å²) in [4.78, 5) is 4.51. The van der Waals surface area contributed by atoms with Gasteiger partial charge in [0.05, 0.1) is 5.69 Å². The highest BCUT2D eigenvalue weighted by atomic mass is 15.0. The van der Waals surface area contributed by atoms with Crippen molar-refractivity contribution in [3.05, 3.63) is 36.3 Å². The zero-order chi connectivity index (χ0) is 11.2. The maximum atomic E-state index is 5.43. The molecule has 0 unspecified atom stereocenters. The van der Waals surface area contributed by atoms with Crippen molar-refractivity contribution in [1.82, 2.24) is 14.7 Å². The van der Waals surface area contributed by atoms with E-state index in [1.807, 2.05) is 28.8 Å². The van der Waals surface area contributed by atoms with E-state index in [2.05, 4.69) is 16.5 Å². The summed E-state index contributed by atoms with van der Waals surface area (Å²) in [6.07, 6.45) is 6.29. The molecule has 0 aliphatic rings. The molecular formula is C12H18N4. The molecule has 0 saturated carbocycles. The fraction of sp³-hybridized carbons (Fsp3) is 0.417. The molecule has 0 amide bonds. The van der Waals surface area contributed by atoms with E-state index in [-0.39, 0.29) is 0 Å². The normalized spacial score (nSPS) is 11.1. The van der Waals surface area contributed by atoms with Crippen LogP contribution >= 0.6 is 0 Å².